The van der Waals surface area contributed by atoms with Gasteiger partial charge in [-0.2, -0.15) is 5.10 Å². The average Bonchev–Trinajstić information content (AvgIpc) is 3.15. The van der Waals surface area contributed by atoms with Crippen molar-refractivity contribution in [3.63, 3.8) is 0 Å². The molecule has 0 aliphatic carbocycles. The zero-order valence-corrected chi connectivity index (χ0v) is 12.3. The molecule has 0 saturated heterocycles. The molecule has 0 unspecified atom stereocenters. The van der Waals surface area contributed by atoms with E-state index in [9.17, 15) is 9.90 Å². The van der Waals surface area contributed by atoms with Crippen molar-refractivity contribution >= 4 is 18.2 Å². The first-order valence-electron chi connectivity index (χ1n) is 6.67. The fourth-order valence-corrected chi connectivity index (χ4v) is 2.52. The van der Waals surface area contributed by atoms with Gasteiger partial charge >= 0.3 is 5.97 Å². The third-order valence-electron chi connectivity index (χ3n) is 3.35. The van der Waals surface area contributed by atoms with Crippen molar-refractivity contribution in [2.45, 2.75) is 13.0 Å². The van der Waals surface area contributed by atoms with E-state index in [4.69, 9.17) is 16.6 Å². The monoisotopic (exact) mass is 315 g/mol. The lowest BCUT2D eigenvalue weighted by Crippen LogP contribution is -2.08. The van der Waals surface area contributed by atoms with Crippen LogP contribution in [0.5, 0.6) is 0 Å². The van der Waals surface area contributed by atoms with E-state index in [-0.39, 0.29) is 0 Å². The average molecular weight is 315 g/mol. The molecule has 22 heavy (non-hydrogen) atoms. The molecule has 1 aromatic carbocycles. The van der Waals surface area contributed by atoms with Gasteiger partial charge in [0.25, 0.3) is 0 Å². The van der Waals surface area contributed by atoms with Crippen LogP contribution in [0.1, 0.15) is 15.9 Å². The molecule has 7 heteroatoms. The van der Waals surface area contributed by atoms with Crippen LogP contribution in [0.25, 0.3) is 11.6 Å². The summed E-state index contributed by atoms with van der Waals surface area (Å²) in [5.41, 5.74) is 1.06. The van der Waals surface area contributed by atoms with Gasteiger partial charge < -0.3 is 9.52 Å². The highest BCUT2D eigenvalue weighted by atomic mass is 32.1. The second-order valence-corrected chi connectivity index (χ2v) is 5.08. The summed E-state index contributed by atoms with van der Waals surface area (Å²) in [6.07, 6.45) is 2.10. The van der Waals surface area contributed by atoms with Gasteiger partial charge in [-0.25, -0.2) is 4.79 Å². The minimum absolute atomic E-state index is 0.303. The van der Waals surface area contributed by atoms with E-state index in [1.54, 1.807) is 41.2 Å². The summed E-state index contributed by atoms with van der Waals surface area (Å²) in [7, 11) is 0. The quantitative estimate of drug-likeness (QED) is 0.707. The lowest BCUT2D eigenvalue weighted by Gasteiger charge is -2.08. The van der Waals surface area contributed by atoms with Crippen molar-refractivity contribution in [2.24, 2.45) is 0 Å². The summed E-state index contributed by atoms with van der Waals surface area (Å²) in [5, 5.41) is 16.1. The Kier molecular flexibility index (Phi) is 3.88. The van der Waals surface area contributed by atoms with Gasteiger partial charge in [0.15, 0.2) is 16.4 Å². The summed E-state index contributed by atoms with van der Waals surface area (Å²) in [6, 6.07) is 10.5. The number of aromatic carboxylic acids is 1. The molecule has 0 radical (unpaired) electrons. The molecular weight excluding hydrogens is 302 g/mol. The van der Waals surface area contributed by atoms with Gasteiger partial charge in [0.1, 0.15) is 0 Å². The minimum atomic E-state index is -0.933. The van der Waals surface area contributed by atoms with Crippen LogP contribution in [0.2, 0.25) is 0 Å². The number of aromatic amines is 1. The van der Waals surface area contributed by atoms with E-state index in [1.165, 1.54) is 0 Å². The molecule has 3 rings (SSSR count). The Labute approximate surface area is 131 Å². The normalized spacial score (nSPS) is 10.7. The number of rotatable bonds is 5. The molecule has 112 valence electrons. The van der Waals surface area contributed by atoms with Crippen molar-refractivity contribution in [2.75, 3.05) is 0 Å². The van der Waals surface area contributed by atoms with E-state index in [0.717, 1.165) is 5.56 Å². The molecule has 0 aliphatic rings. The first-order valence-corrected chi connectivity index (χ1v) is 7.08. The fourth-order valence-electron chi connectivity index (χ4n) is 2.30. The molecule has 0 aliphatic heterocycles. The third kappa shape index (κ3) is 2.71. The van der Waals surface area contributed by atoms with Crippen LogP contribution in [-0.2, 0) is 13.0 Å². The molecule has 0 fully saturated rings. The Morgan fingerprint density at radius 2 is 2.14 bits per heavy atom. The maximum atomic E-state index is 11.2. The van der Waals surface area contributed by atoms with Gasteiger partial charge in [-0.15, -0.1) is 0 Å². The number of aromatic nitrogens is 3. The van der Waals surface area contributed by atoms with E-state index < -0.39 is 5.97 Å². The summed E-state index contributed by atoms with van der Waals surface area (Å²) < 4.78 is 7.61. The summed E-state index contributed by atoms with van der Waals surface area (Å²) in [4.78, 5) is 11.2. The van der Waals surface area contributed by atoms with Crippen molar-refractivity contribution in [3.05, 3.63) is 58.6 Å². The Morgan fingerprint density at radius 1 is 1.32 bits per heavy atom. The molecule has 2 aromatic heterocycles. The molecule has 0 atom stereocenters. The van der Waals surface area contributed by atoms with Crippen LogP contribution in [0.4, 0.5) is 0 Å². The second kappa shape index (κ2) is 5.98. The van der Waals surface area contributed by atoms with Crippen LogP contribution in [0.3, 0.4) is 0 Å². The highest BCUT2D eigenvalue weighted by molar-refractivity contribution is 7.71. The van der Waals surface area contributed by atoms with E-state index in [1.807, 2.05) is 6.07 Å². The summed E-state index contributed by atoms with van der Waals surface area (Å²) in [6.45, 7) is 0.510. The van der Waals surface area contributed by atoms with Gasteiger partial charge in [-0.3, -0.25) is 9.67 Å². The molecule has 0 saturated carbocycles. The predicted molar refractivity (Wildman–Crippen MR) is 82.2 cm³/mol. The van der Waals surface area contributed by atoms with Crippen molar-refractivity contribution < 1.29 is 14.3 Å². The van der Waals surface area contributed by atoms with E-state index in [2.05, 4.69) is 10.2 Å². The van der Waals surface area contributed by atoms with Gasteiger partial charge in [-0.05, 0) is 42.4 Å². The van der Waals surface area contributed by atoms with Crippen molar-refractivity contribution in [1.29, 1.82) is 0 Å². The maximum Gasteiger partial charge on any atom is 0.335 e. The Hall–Kier alpha value is -2.67. The Morgan fingerprint density at radius 3 is 2.86 bits per heavy atom. The molecule has 2 heterocycles. The molecule has 6 nitrogen and oxygen atoms in total. The van der Waals surface area contributed by atoms with Gasteiger partial charge in [0.05, 0.1) is 11.8 Å². The third-order valence-corrected chi connectivity index (χ3v) is 3.66. The zero-order chi connectivity index (χ0) is 15.5. The molecule has 3 aromatic rings. The SMILES string of the molecule is O=C(O)c1ccccc1CCn1c(-c2ccco2)n[nH]c1=S. The number of hydrogen-bond donors (Lipinski definition) is 2. The molecular formula is C15H13N3O3S. The van der Waals surface area contributed by atoms with E-state index in [0.29, 0.717) is 34.9 Å². The largest absolute Gasteiger partial charge is 0.478 e. The standard InChI is InChI=1S/C15H13N3O3S/c19-14(20)11-5-2-1-4-10(11)7-8-18-13(16-17-15(18)22)12-6-3-9-21-12/h1-6,9H,7-8H2,(H,17,22)(H,19,20). The Balaban J connectivity index is 1.88. The van der Waals surface area contributed by atoms with E-state index >= 15 is 0 Å². The summed E-state index contributed by atoms with van der Waals surface area (Å²) >= 11 is 5.23. The first-order chi connectivity index (χ1) is 10.7. The topological polar surface area (TPSA) is 84.0 Å². The number of nitrogens with one attached hydrogen (secondary N) is 1. The van der Waals surface area contributed by atoms with Gasteiger partial charge in [0.2, 0.25) is 0 Å². The highest BCUT2D eigenvalue weighted by Crippen LogP contribution is 2.19. The number of benzene rings is 1. The van der Waals surface area contributed by atoms with Crippen LogP contribution in [0, 0.1) is 4.77 Å². The minimum Gasteiger partial charge on any atom is -0.478 e. The van der Waals surface area contributed by atoms with Crippen LogP contribution in [0.15, 0.2) is 47.1 Å². The number of carbonyl (C=O) groups is 1. The van der Waals surface area contributed by atoms with Crippen LogP contribution in [-0.4, -0.2) is 25.8 Å². The van der Waals surface area contributed by atoms with Crippen LogP contribution >= 0.6 is 12.2 Å². The zero-order valence-electron chi connectivity index (χ0n) is 11.5. The number of aryl methyl sites for hydroxylation is 1. The maximum absolute atomic E-state index is 11.2. The highest BCUT2D eigenvalue weighted by Gasteiger charge is 2.13. The summed E-state index contributed by atoms with van der Waals surface area (Å²) in [5.74, 6) is 0.277. The number of furan rings is 1. The first kappa shape index (κ1) is 14.3. The number of carboxylic acids is 1. The predicted octanol–water partition coefficient (Wildman–Crippen LogP) is 3.14. The number of nitrogens with zero attached hydrogens (tertiary/aromatic N) is 2. The van der Waals surface area contributed by atoms with Crippen LogP contribution < -0.4 is 0 Å². The number of carboxylic acid groups (broad SMARTS) is 1. The van der Waals surface area contributed by atoms with Crippen molar-refractivity contribution in [1.82, 2.24) is 14.8 Å². The molecule has 0 spiro atoms. The molecule has 0 bridgehead atoms. The number of hydrogen-bond acceptors (Lipinski definition) is 4. The smallest absolute Gasteiger partial charge is 0.335 e. The second-order valence-electron chi connectivity index (χ2n) is 4.69. The lowest BCUT2D eigenvalue weighted by atomic mass is 10.0. The number of H-pyrrole nitrogens is 1. The lowest BCUT2D eigenvalue weighted by molar-refractivity contribution is 0.0695. The van der Waals surface area contributed by atoms with Gasteiger partial charge in [-0.1, -0.05) is 18.2 Å². The fraction of sp³-hybridized carbons (Fsp3) is 0.133. The molecule has 0 amide bonds. The van der Waals surface area contributed by atoms with Crippen molar-refractivity contribution in [3.8, 4) is 11.6 Å². The molecule has 2 N–H and O–H groups in total. The van der Waals surface area contributed by atoms with Gasteiger partial charge in [0, 0.05) is 6.54 Å². The Bertz CT molecular complexity index is 849.